The molecule has 1 atom stereocenters. The number of nitrogens with one attached hydrogen (secondary N) is 1. The lowest BCUT2D eigenvalue weighted by Gasteiger charge is -2.31. The Hall–Kier alpha value is -2.89. The van der Waals surface area contributed by atoms with Crippen molar-refractivity contribution >= 4 is 11.8 Å². The molecule has 0 aliphatic rings. The molecule has 0 spiro atoms. The van der Waals surface area contributed by atoms with E-state index in [9.17, 15) is 14.0 Å². The van der Waals surface area contributed by atoms with Crippen molar-refractivity contribution in [2.24, 2.45) is 0 Å². The summed E-state index contributed by atoms with van der Waals surface area (Å²) in [4.78, 5) is 27.3. The first kappa shape index (κ1) is 22.4. The van der Waals surface area contributed by atoms with E-state index in [0.29, 0.717) is 11.3 Å². The van der Waals surface area contributed by atoms with E-state index in [1.807, 2.05) is 45.0 Å². The van der Waals surface area contributed by atoms with E-state index in [-0.39, 0.29) is 24.8 Å². The summed E-state index contributed by atoms with van der Waals surface area (Å²) in [5.41, 5.74) is 0.694. The third kappa shape index (κ3) is 6.59. The van der Waals surface area contributed by atoms with Crippen molar-refractivity contribution in [3.63, 3.8) is 0 Å². The van der Waals surface area contributed by atoms with Gasteiger partial charge in [-0.3, -0.25) is 9.59 Å². The molecule has 2 amide bonds. The molecule has 0 fully saturated rings. The highest BCUT2D eigenvalue weighted by Crippen LogP contribution is 2.18. The summed E-state index contributed by atoms with van der Waals surface area (Å²) < 4.78 is 19.3. The second kappa shape index (κ2) is 9.54. The van der Waals surface area contributed by atoms with Crippen LogP contribution in [0.1, 0.15) is 38.8 Å². The number of ether oxygens (including phenoxy) is 1. The third-order valence-electron chi connectivity index (χ3n) is 4.45. The van der Waals surface area contributed by atoms with Crippen molar-refractivity contribution in [2.45, 2.75) is 52.2 Å². The van der Waals surface area contributed by atoms with Gasteiger partial charge in [0.25, 0.3) is 0 Å². The minimum Gasteiger partial charge on any atom is -0.497 e. The average Bonchev–Trinajstić information content (AvgIpc) is 2.66. The van der Waals surface area contributed by atoms with Crippen LogP contribution in [0.4, 0.5) is 4.39 Å². The lowest BCUT2D eigenvalue weighted by Crippen LogP contribution is -2.52. The van der Waals surface area contributed by atoms with Gasteiger partial charge in [0.1, 0.15) is 17.6 Å². The van der Waals surface area contributed by atoms with Gasteiger partial charge >= 0.3 is 0 Å². The highest BCUT2D eigenvalue weighted by Gasteiger charge is 2.28. The molecule has 0 radical (unpaired) electrons. The monoisotopic (exact) mass is 400 g/mol. The summed E-state index contributed by atoms with van der Waals surface area (Å²) in [5, 5.41) is 2.91. The molecular formula is C23H29FN2O3. The van der Waals surface area contributed by atoms with E-state index >= 15 is 0 Å². The highest BCUT2D eigenvalue weighted by atomic mass is 19.1. The quantitative estimate of drug-likeness (QED) is 0.771. The molecule has 2 aromatic carbocycles. The topological polar surface area (TPSA) is 58.6 Å². The van der Waals surface area contributed by atoms with Crippen LogP contribution in [0.5, 0.6) is 5.75 Å². The van der Waals surface area contributed by atoms with Crippen molar-refractivity contribution in [1.29, 1.82) is 0 Å². The van der Waals surface area contributed by atoms with E-state index in [0.717, 1.165) is 5.56 Å². The van der Waals surface area contributed by atoms with Gasteiger partial charge in [-0.2, -0.15) is 0 Å². The number of rotatable bonds is 7. The summed E-state index contributed by atoms with van der Waals surface area (Å²) in [6, 6.07) is 12.8. The first-order valence-electron chi connectivity index (χ1n) is 9.58. The zero-order valence-corrected chi connectivity index (χ0v) is 17.7. The number of hydrogen-bond donors (Lipinski definition) is 1. The number of halogens is 1. The van der Waals surface area contributed by atoms with Crippen LogP contribution in [0.15, 0.2) is 48.5 Å². The van der Waals surface area contributed by atoms with Gasteiger partial charge in [0.2, 0.25) is 11.8 Å². The fourth-order valence-corrected chi connectivity index (χ4v) is 2.93. The van der Waals surface area contributed by atoms with Crippen LogP contribution in [0.2, 0.25) is 0 Å². The number of carbonyl (C=O) groups excluding carboxylic acids is 2. The molecule has 2 rings (SSSR count). The largest absolute Gasteiger partial charge is 0.497 e. The van der Waals surface area contributed by atoms with Gasteiger partial charge in [-0.1, -0.05) is 30.3 Å². The van der Waals surface area contributed by atoms with E-state index < -0.39 is 17.4 Å². The first-order chi connectivity index (χ1) is 13.6. The van der Waals surface area contributed by atoms with Crippen LogP contribution in [-0.4, -0.2) is 35.4 Å². The maximum absolute atomic E-state index is 14.1. The number of amides is 2. The molecule has 2 aromatic rings. The molecule has 6 heteroatoms. The molecule has 0 heterocycles. The molecule has 0 aliphatic carbocycles. The Kier molecular flexibility index (Phi) is 7.37. The standard InChI is InChI=1S/C23H29FN2O3/c1-16(22(28)25-23(2,3)4)26(15-17-9-8-11-19(13-17)29-5)21(27)14-18-10-6-7-12-20(18)24/h6-13,16H,14-15H2,1-5H3,(H,25,28). The molecule has 0 saturated carbocycles. The Balaban J connectivity index is 2.29. The Morgan fingerprint density at radius 1 is 1.14 bits per heavy atom. The van der Waals surface area contributed by atoms with Crippen molar-refractivity contribution < 1.29 is 18.7 Å². The Morgan fingerprint density at radius 3 is 2.45 bits per heavy atom. The molecule has 156 valence electrons. The summed E-state index contributed by atoms with van der Waals surface area (Å²) in [6.45, 7) is 7.53. The van der Waals surface area contributed by atoms with Gasteiger partial charge in [-0.15, -0.1) is 0 Å². The molecule has 1 unspecified atom stereocenters. The van der Waals surface area contributed by atoms with Crippen molar-refractivity contribution in [3.05, 3.63) is 65.5 Å². The zero-order valence-electron chi connectivity index (χ0n) is 17.7. The van der Waals surface area contributed by atoms with Crippen LogP contribution in [-0.2, 0) is 22.6 Å². The zero-order chi connectivity index (χ0) is 21.6. The minimum atomic E-state index is -0.723. The van der Waals surface area contributed by atoms with Gasteiger partial charge in [0, 0.05) is 12.1 Å². The number of nitrogens with zero attached hydrogens (tertiary/aromatic N) is 1. The van der Waals surface area contributed by atoms with E-state index in [4.69, 9.17) is 4.74 Å². The van der Waals surface area contributed by atoms with Gasteiger partial charge in [0.15, 0.2) is 0 Å². The van der Waals surface area contributed by atoms with Crippen molar-refractivity contribution in [1.82, 2.24) is 10.2 Å². The fraction of sp³-hybridized carbons (Fsp3) is 0.391. The average molecular weight is 400 g/mol. The molecule has 0 aromatic heterocycles. The molecule has 0 bridgehead atoms. The van der Waals surface area contributed by atoms with Crippen LogP contribution >= 0.6 is 0 Å². The minimum absolute atomic E-state index is 0.121. The molecule has 5 nitrogen and oxygen atoms in total. The van der Waals surface area contributed by atoms with Gasteiger partial charge in [-0.05, 0) is 57.0 Å². The Labute approximate surface area is 171 Å². The van der Waals surface area contributed by atoms with Crippen LogP contribution in [0, 0.1) is 5.82 Å². The number of methoxy groups -OCH3 is 1. The first-order valence-corrected chi connectivity index (χ1v) is 9.58. The van der Waals surface area contributed by atoms with Crippen molar-refractivity contribution in [2.75, 3.05) is 7.11 Å². The normalized spacial score (nSPS) is 12.2. The second-order valence-corrected chi connectivity index (χ2v) is 8.06. The lowest BCUT2D eigenvalue weighted by atomic mass is 10.1. The third-order valence-corrected chi connectivity index (χ3v) is 4.45. The fourth-order valence-electron chi connectivity index (χ4n) is 2.93. The maximum atomic E-state index is 14.1. The van der Waals surface area contributed by atoms with Gasteiger partial charge < -0.3 is 15.0 Å². The lowest BCUT2D eigenvalue weighted by molar-refractivity contribution is -0.140. The van der Waals surface area contributed by atoms with E-state index in [2.05, 4.69) is 5.32 Å². The number of benzene rings is 2. The van der Waals surface area contributed by atoms with Crippen LogP contribution in [0.25, 0.3) is 0 Å². The Morgan fingerprint density at radius 2 is 1.83 bits per heavy atom. The predicted octanol–water partition coefficient (Wildman–Crippen LogP) is 3.71. The highest BCUT2D eigenvalue weighted by molar-refractivity contribution is 5.88. The molecule has 29 heavy (non-hydrogen) atoms. The van der Waals surface area contributed by atoms with Crippen LogP contribution in [0.3, 0.4) is 0 Å². The molecule has 0 saturated heterocycles. The summed E-state index contributed by atoms with van der Waals surface area (Å²) in [5.74, 6) is -0.360. The number of carbonyl (C=O) groups is 2. The maximum Gasteiger partial charge on any atom is 0.242 e. The smallest absolute Gasteiger partial charge is 0.242 e. The van der Waals surface area contributed by atoms with E-state index in [1.54, 1.807) is 32.2 Å². The summed E-state index contributed by atoms with van der Waals surface area (Å²) in [7, 11) is 1.57. The van der Waals surface area contributed by atoms with Gasteiger partial charge in [0.05, 0.1) is 13.5 Å². The van der Waals surface area contributed by atoms with Gasteiger partial charge in [-0.25, -0.2) is 4.39 Å². The summed E-state index contributed by atoms with van der Waals surface area (Å²) in [6.07, 6.45) is -0.121. The molecular weight excluding hydrogens is 371 g/mol. The predicted molar refractivity (Wildman–Crippen MR) is 111 cm³/mol. The number of hydrogen-bond acceptors (Lipinski definition) is 3. The summed E-state index contributed by atoms with van der Waals surface area (Å²) >= 11 is 0. The Bertz CT molecular complexity index is 861. The van der Waals surface area contributed by atoms with Crippen LogP contribution < -0.4 is 10.1 Å². The SMILES string of the molecule is COc1cccc(CN(C(=O)Cc2ccccc2F)C(C)C(=O)NC(C)(C)C)c1. The second-order valence-electron chi connectivity index (χ2n) is 8.06. The van der Waals surface area contributed by atoms with E-state index in [1.165, 1.54) is 11.0 Å². The van der Waals surface area contributed by atoms with Crippen molar-refractivity contribution in [3.8, 4) is 5.75 Å². The molecule has 0 aliphatic heterocycles. The molecule has 1 N–H and O–H groups in total.